The Morgan fingerprint density at radius 2 is 1.80 bits per heavy atom. The van der Waals surface area contributed by atoms with E-state index in [9.17, 15) is 0 Å². The monoisotopic (exact) mass is 270 g/mol. The first-order valence-electron chi connectivity index (χ1n) is 7.78. The van der Waals surface area contributed by atoms with Crippen molar-refractivity contribution in [1.82, 2.24) is 0 Å². The Kier molecular flexibility index (Phi) is 6.78. The highest BCUT2D eigenvalue weighted by atomic mass is 14.1. The van der Waals surface area contributed by atoms with Gasteiger partial charge in [-0.15, -0.1) is 0 Å². The SMILES string of the molecule is CC(C)=CCC/C(C)=C/Cc1cc(C)ccc1C(C)C. The van der Waals surface area contributed by atoms with Crippen molar-refractivity contribution in [3.8, 4) is 0 Å². The van der Waals surface area contributed by atoms with Crippen molar-refractivity contribution < 1.29 is 0 Å². The molecule has 110 valence electrons. The second kappa shape index (κ2) is 8.09. The predicted molar refractivity (Wildman–Crippen MR) is 91.4 cm³/mol. The number of allylic oxidation sites excluding steroid dienone is 4. The van der Waals surface area contributed by atoms with Crippen LogP contribution < -0.4 is 0 Å². The second-order valence-electron chi connectivity index (χ2n) is 6.43. The molecule has 0 heterocycles. The smallest absolute Gasteiger partial charge is 0.00919 e. The van der Waals surface area contributed by atoms with Crippen molar-refractivity contribution in [1.29, 1.82) is 0 Å². The van der Waals surface area contributed by atoms with E-state index < -0.39 is 0 Å². The lowest BCUT2D eigenvalue weighted by molar-refractivity contribution is 0.847. The van der Waals surface area contributed by atoms with E-state index in [-0.39, 0.29) is 0 Å². The van der Waals surface area contributed by atoms with Crippen molar-refractivity contribution in [3.05, 3.63) is 58.2 Å². The highest BCUT2D eigenvalue weighted by Gasteiger charge is 2.05. The molecule has 0 aliphatic heterocycles. The molecule has 0 unspecified atom stereocenters. The van der Waals surface area contributed by atoms with E-state index in [1.54, 1.807) is 0 Å². The maximum absolute atomic E-state index is 2.40. The van der Waals surface area contributed by atoms with Crippen molar-refractivity contribution in [3.63, 3.8) is 0 Å². The van der Waals surface area contributed by atoms with Crippen LogP contribution in [-0.4, -0.2) is 0 Å². The van der Waals surface area contributed by atoms with E-state index in [1.165, 1.54) is 34.3 Å². The third kappa shape index (κ3) is 5.77. The summed E-state index contributed by atoms with van der Waals surface area (Å²) in [4.78, 5) is 0. The average molecular weight is 270 g/mol. The van der Waals surface area contributed by atoms with Gasteiger partial charge in [0.25, 0.3) is 0 Å². The maximum atomic E-state index is 2.40. The summed E-state index contributed by atoms with van der Waals surface area (Å²) in [5, 5.41) is 0. The first-order valence-corrected chi connectivity index (χ1v) is 7.78. The summed E-state index contributed by atoms with van der Waals surface area (Å²) in [6, 6.07) is 6.86. The standard InChI is InChI=1S/C20H30/c1-15(2)8-7-9-17(5)10-12-19-14-18(6)11-13-20(19)16(3)4/h8,10-11,13-14,16H,7,9,12H2,1-6H3/b17-10+. The molecule has 0 saturated heterocycles. The second-order valence-corrected chi connectivity index (χ2v) is 6.43. The molecule has 0 radical (unpaired) electrons. The number of hydrogen-bond donors (Lipinski definition) is 0. The molecule has 0 saturated carbocycles. The Bertz CT molecular complexity index is 483. The van der Waals surface area contributed by atoms with Crippen molar-refractivity contribution >= 4 is 0 Å². The summed E-state index contributed by atoms with van der Waals surface area (Å²) in [5.74, 6) is 0.602. The molecule has 0 heteroatoms. The molecule has 1 rings (SSSR count). The molecule has 1 aromatic carbocycles. The summed E-state index contributed by atoms with van der Waals surface area (Å²) in [5.41, 5.74) is 7.25. The summed E-state index contributed by atoms with van der Waals surface area (Å²) < 4.78 is 0. The Balaban J connectivity index is 2.73. The van der Waals surface area contributed by atoms with Gasteiger partial charge in [0.2, 0.25) is 0 Å². The maximum Gasteiger partial charge on any atom is -0.00919 e. The van der Waals surface area contributed by atoms with Gasteiger partial charge in [-0.2, -0.15) is 0 Å². The summed E-state index contributed by atoms with van der Waals surface area (Å²) in [7, 11) is 0. The van der Waals surface area contributed by atoms with Gasteiger partial charge >= 0.3 is 0 Å². The molecule has 0 amide bonds. The molecule has 0 nitrogen and oxygen atoms in total. The quantitative estimate of drug-likeness (QED) is 0.528. The van der Waals surface area contributed by atoms with Crippen LogP contribution in [0.3, 0.4) is 0 Å². The lowest BCUT2D eigenvalue weighted by atomic mass is 9.93. The molecule has 0 spiro atoms. The van der Waals surface area contributed by atoms with E-state index in [2.05, 4.69) is 71.9 Å². The van der Waals surface area contributed by atoms with Crippen molar-refractivity contribution in [2.24, 2.45) is 0 Å². The first kappa shape index (κ1) is 16.8. The number of hydrogen-bond acceptors (Lipinski definition) is 0. The molecule has 0 fully saturated rings. The summed E-state index contributed by atoms with van der Waals surface area (Å²) >= 11 is 0. The van der Waals surface area contributed by atoms with Crippen LogP contribution >= 0.6 is 0 Å². The largest absolute Gasteiger partial charge is 0.0856 e. The van der Waals surface area contributed by atoms with Crippen LogP contribution in [0.5, 0.6) is 0 Å². The Labute approximate surface area is 125 Å². The van der Waals surface area contributed by atoms with E-state index in [4.69, 9.17) is 0 Å². The highest BCUT2D eigenvalue weighted by Crippen LogP contribution is 2.22. The van der Waals surface area contributed by atoms with Crippen molar-refractivity contribution in [2.45, 2.75) is 66.7 Å². The van der Waals surface area contributed by atoms with Crippen LogP contribution in [0.4, 0.5) is 0 Å². The third-order valence-electron chi connectivity index (χ3n) is 3.68. The van der Waals surface area contributed by atoms with Gasteiger partial charge in [-0.05, 0) is 64.0 Å². The van der Waals surface area contributed by atoms with E-state index in [1.807, 2.05) is 0 Å². The van der Waals surface area contributed by atoms with Crippen LogP contribution in [0, 0.1) is 6.92 Å². The molecular weight excluding hydrogens is 240 g/mol. The third-order valence-corrected chi connectivity index (χ3v) is 3.68. The minimum absolute atomic E-state index is 0.602. The molecular formula is C20H30. The average Bonchev–Trinajstić information content (AvgIpc) is 2.35. The lowest BCUT2D eigenvalue weighted by Gasteiger charge is -2.12. The lowest BCUT2D eigenvalue weighted by Crippen LogP contribution is -1.96. The van der Waals surface area contributed by atoms with E-state index in [0.29, 0.717) is 5.92 Å². The Morgan fingerprint density at radius 3 is 2.40 bits per heavy atom. The fraction of sp³-hybridized carbons (Fsp3) is 0.500. The van der Waals surface area contributed by atoms with Crippen LogP contribution in [-0.2, 0) is 6.42 Å². The van der Waals surface area contributed by atoms with Crippen LogP contribution in [0.15, 0.2) is 41.5 Å². The normalized spacial score (nSPS) is 11.8. The summed E-state index contributed by atoms with van der Waals surface area (Å²) in [6.45, 7) is 13.3. The molecule has 0 aliphatic carbocycles. The van der Waals surface area contributed by atoms with Gasteiger partial charge < -0.3 is 0 Å². The van der Waals surface area contributed by atoms with Crippen LogP contribution in [0.2, 0.25) is 0 Å². The molecule has 0 aromatic heterocycles. The van der Waals surface area contributed by atoms with Crippen LogP contribution in [0.25, 0.3) is 0 Å². The van der Waals surface area contributed by atoms with E-state index in [0.717, 1.165) is 12.8 Å². The molecule has 20 heavy (non-hydrogen) atoms. The molecule has 0 N–H and O–H groups in total. The topological polar surface area (TPSA) is 0 Å². The van der Waals surface area contributed by atoms with Gasteiger partial charge in [0.1, 0.15) is 0 Å². The minimum Gasteiger partial charge on any atom is -0.0856 e. The fourth-order valence-electron chi connectivity index (χ4n) is 2.45. The molecule has 0 atom stereocenters. The van der Waals surface area contributed by atoms with Gasteiger partial charge in [0.15, 0.2) is 0 Å². The van der Waals surface area contributed by atoms with Crippen LogP contribution in [0.1, 0.15) is 70.1 Å². The van der Waals surface area contributed by atoms with Gasteiger partial charge in [0.05, 0.1) is 0 Å². The molecule has 0 bridgehead atoms. The zero-order valence-electron chi connectivity index (χ0n) is 14.1. The van der Waals surface area contributed by atoms with E-state index >= 15 is 0 Å². The number of rotatable bonds is 6. The highest BCUT2D eigenvalue weighted by molar-refractivity contribution is 5.35. The minimum atomic E-state index is 0.602. The molecule has 1 aromatic rings. The summed E-state index contributed by atoms with van der Waals surface area (Å²) in [6.07, 6.45) is 8.13. The van der Waals surface area contributed by atoms with Gasteiger partial charge in [-0.3, -0.25) is 0 Å². The van der Waals surface area contributed by atoms with Gasteiger partial charge in [-0.1, -0.05) is 60.9 Å². The molecule has 0 aliphatic rings. The predicted octanol–water partition coefficient (Wildman–Crippen LogP) is 6.35. The zero-order valence-corrected chi connectivity index (χ0v) is 14.1. The van der Waals surface area contributed by atoms with Gasteiger partial charge in [0, 0.05) is 0 Å². The first-order chi connectivity index (χ1) is 9.40. The Morgan fingerprint density at radius 1 is 1.10 bits per heavy atom. The number of aryl methyl sites for hydroxylation is 1. The zero-order chi connectivity index (χ0) is 15.1. The van der Waals surface area contributed by atoms with Gasteiger partial charge in [-0.25, -0.2) is 0 Å². The fourth-order valence-corrected chi connectivity index (χ4v) is 2.45. The van der Waals surface area contributed by atoms with Crippen molar-refractivity contribution in [2.75, 3.05) is 0 Å². The number of benzene rings is 1. The Hall–Kier alpha value is -1.30.